The van der Waals surface area contributed by atoms with Gasteiger partial charge in [-0.3, -0.25) is 16.0 Å². The van der Waals surface area contributed by atoms with Gasteiger partial charge < -0.3 is 0 Å². The second kappa shape index (κ2) is 6.39. The van der Waals surface area contributed by atoms with Gasteiger partial charge in [0, 0.05) is 13.0 Å². The van der Waals surface area contributed by atoms with E-state index in [-0.39, 0.29) is 6.04 Å². The average Bonchev–Trinajstić information content (AvgIpc) is 2.71. The Hall–Kier alpha value is -1.36. The molecule has 0 bridgehead atoms. The number of hydrazine groups is 1. The lowest BCUT2D eigenvalue weighted by Crippen LogP contribution is -2.30. The SMILES string of the molecule is CCn1nc(C)c(Cl)c1CC(NN)c1cccc(C)c1. The van der Waals surface area contributed by atoms with Crippen molar-refractivity contribution in [2.24, 2.45) is 5.84 Å². The number of aryl methyl sites for hydroxylation is 3. The highest BCUT2D eigenvalue weighted by Crippen LogP contribution is 2.26. The summed E-state index contributed by atoms with van der Waals surface area (Å²) in [6, 6.07) is 8.35. The van der Waals surface area contributed by atoms with Crippen molar-refractivity contribution in [2.45, 2.75) is 39.8 Å². The highest BCUT2D eigenvalue weighted by molar-refractivity contribution is 6.31. The Labute approximate surface area is 124 Å². The van der Waals surface area contributed by atoms with Crippen LogP contribution in [-0.2, 0) is 13.0 Å². The third-order valence-electron chi connectivity index (χ3n) is 3.50. The van der Waals surface area contributed by atoms with Crippen LogP contribution in [-0.4, -0.2) is 9.78 Å². The van der Waals surface area contributed by atoms with Crippen LogP contribution in [0.1, 0.15) is 35.5 Å². The molecule has 3 N–H and O–H groups in total. The van der Waals surface area contributed by atoms with E-state index in [1.807, 2.05) is 17.7 Å². The minimum absolute atomic E-state index is 0.0220. The van der Waals surface area contributed by atoms with Crippen molar-refractivity contribution in [2.75, 3.05) is 0 Å². The van der Waals surface area contributed by atoms with Crippen molar-refractivity contribution in [1.29, 1.82) is 0 Å². The second-order valence-electron chi connectivity index (χ2n) is 5.00. The van der Waals surface area contributed by atoms with E-state index in [4.69, 9.17) is 17.4 Å². The number of aromatic nitrogens is 2. The zero-order chi connectivity index (χ0) is 14.7. The predicted octanol–water partition coefficient (Wildman–Crippen LogP) is 2.92. The van der Waals surface area contributed by atoms with Crippen molar-refractivity contribution in [3.63, 3.8) is 0 Å². The third kappa shape index (κ3) is 3.03. The fourth-order valence-electron chi connectivity index (χ4n) is 2.42. The van der Waals surface area contributed by atoms with Crippen LogP contribution >= 0.6 is 11.6 Å². The number of nitrogens with two attached hydrogens (primary N) is 1. The van der Waals surface area contributed by atoms with Gasteiger partial charge in [0.05, 0.1) is 22.5 Å². The van der Waals surface area contributed by atoms with E-state index >= 15 is 0 Å². The zero-order valence-electron chi connectivity index (χ0n) is 12.2. The highest BCUT2D eigenvalue weighted by Gasteiger charge is 2.18. The first-order valence-electron chi connectivity index (χ1n) is 6.81. The van der Waals surface area contributed by atoms with Crippen LogP contribution in [0.2, 0.25) is 5.02 Å². The summed E-state index contributed by atoms with van der Waals surface area (Å²) >= 11 is 6.36. The minimum Gasteiger partial charge on any atom is -0.271 e. The van der Waals surface area contributed by atoms with Crippen LogP contribution in [0.15, 0.2) is 24.3 Å². The summed E-state index contributed by atoms with van der Waals surface area (Å²) in [5, 5.41) is 5.18. The van der Waals surface area contributed by atoms with E-state index in [0.29, 0.717) is 6.42 Å². The molecular formula is C15H21ClN4. The molecule has 0 radical (unpaired) electrons. The molecule has 0 saturated carbocycles. The molecule has 4 nitrogen and oxygen atoms in total. The summed E-state index contributed by atoms with van der Waals surface area (Å²) in [5.41, 5.74) is 7.14. The van der Waals surface area contributed by atoms with Crippen LogP contribution in [0, 0.1) is 13.8 Å². The lowest BCUT2D eigenvalue weighted by molar-refractivity contribution is 0.517. The third-order valence-corrected chi connectivity index (χ3v) is 3.99. The quantitative estimate of drug-likeness (QED) is 0.658. The molecule has 0 fully saturated rings. The van der Waals surface area contributed by atoms with E-state index in [1.165, 1.54) is 5.56 Å². The Bertz CT molecular complexity index is 592. The Morgan fingerprint density at radius 2 is 2.15 bits per heavy atom. The average molecular weight is 293 g/mol. The Morgan fingerprint density at radius 1 is 1.40 bits per heavy atom. The normalized spacial score (nSPS) is 12.7. The van der Waals surface area contributed by atoms with Crippen molar-refractivity contribution in [3.8, 4) is 0 Å². The molecular weight excluding hydrogens is 272 g/mol. The maximum Gasteiger partial charge on any atom is 0.0847 e. The van der Waals surface area contributed by atoms with Crippen LogP contribution in [0.4, 0.5) is 0 Å². The number of hydrogen-bond donors (Lipinski definition) is 2. The summed E-state index contributed by atoms with van der Waals surface area (Å²) in [6.45, 7) is 6.86. The number of nitrogens with zero attached hydrogens (tertiary/aromatic N) is 2. The van der Waals surface area contributed by atoms with Crippen LogP contribution in [0.3, 0.4) is 0 Å². The van der Waals surface area contributed by atoms with Crippen LogP contribution < -0.4 is 11.3 Å². The van der Waals surface area contributed by atoms with Gasteiger partial charge in [-0.15, -0.1) is 0 Å². The minimum atomic E-state index is 0.0220. The van der Waals surface area contributed by atoms with Gasteiger partial charge in [-0.05, 0) is 26.3 Å². The Kier molecular flexibility index (Phi) is 4.81. The second-order valence-corrected chi connectivity index (χ2v) is 5.38. The Morgan fingerprint density at radius 3 is 2.75 bits per heavy atom. The fraction of sp³-hybridized carbons (Fsp3) is 0.400. The van der Waals surface area contributed by atoms with Gasteiger partial charge in [0.25, 0.3) is 0 Å². The lowest BCUT2D eigenvalue weighted by Gasteiger charge is -2.17. The van der Waals surface area contributed by atoms with Crippen molar-refractivity contribution in [1.82, 2.24) is 15.2 Å². The van der Waals surface area contributed by atoms with Crippen LogP contribution in [0.5, 0.6) is 0 Å². The molecule has 0 spiro atoms. The molecule has 1 heterocycles. The number of rotatable bonds is 5. The molecule has 1 aromatic carbocycles. The lowest BCUT2D eigenvalue weighted by atomic mass is 10.0. The van der Waals surface area contributed by atoms with Crippen molar-refractivity contribution >= 4 is 11.6 Å². The van der Waals surface area contributed by atoms with Gasteiger partial charge in [-0.25, -0.2) is 0 Å². The maximum atomic E-state index is 6.36. The van der Waals surface area contributed by atoms with E-state index in [9.17, 15) is 0 Å². The zero-order valence-corrected chi connectivity index (χ0v) is 12.9. The van der Waals surface area contributed by atoms with E-state index in [1.54, 1.807) is 0 Å². The molecule has 0 aliphatic rings. The van der Waals surface area contributed by atoms with Gasteiger partial charge in [0.1, 0.15) is 0 Å². The first-order valence-corrected chi connectivity index (χ1v) is 7.19. The standard InChI is InChI=1S/C15H21ClN4/c1-4-20-14(15(16)11(3)19-20)9-13(18-17)12-7-5-6-10(2)8-12/h5-8,13,18H,4,9,17H2,1-3H3. The molecule has 0 aliphatic heterocycles. The molecule has 1 atom stereocenters. The summed E-state index contributed by atoms with van der Waals surface area (Å²) < 4.78 is 1.94. The summed E-state index contributed by atoms with van der Waals surface area (Å²) in [4.78, 5) is 0. The molecule has 1 aromatic heterocycles. The van der Waals surface area contributed by atoms with E-state index < -0.39 is 0 Å². The molecule has 0 aliphatic carbocycles. The fourth-order valence-corrected chi connectivity index (χ4v) is 2.63. The molecule has 5 heteroatoms. The smallest absolute Gasteiger partial charge is 0.0847 e. The predicted molar refractivity (Wildman–Crippen MR) is 82.6 cm³/mol. The molecule has 0 amide bonds. The molecule has 108 valence electrons. The van der Waals surface area contributed by atoms with E-state index in [0.717, 1.165) is 28.5 Å². The summed E-state index contributed by atoms with van der Waals surface area (Å²) in [6.07, 6.45) is 0.716. The molecule has 2 aromatic rings. The van der Waals surface area contributed by atoms with Gasteiger partial charge in [-0.1, -0.05) is 41.4 Å². The first kappa shape index (κ1) is 15.0. The van der Waals surface area contributed by atoms with E-state index in [2.05, 4.69) is 42.6 Å². The first-order chi connectivity index (χ1) is 9.56. The summed E-state index contributed by atoms with van der Waals surface area (Å²) in [5.74, 6) is 5.73. The largest absolute Gasteiger partial charge is 0.271 e. The van der Waals surface area contributed by atoms with Gasteiger partial charge >= 0.3 is 0 Å². The summed E-state index contributed by atoms with van der Waals surface area (Å²) in [7, 11) is 0. The van der Waals surface area contributed by atoms with Crippen molar-refractivity contribution in [3.05, 3.63) is 51.8 Å². The number of hydrogen-bond acceptors (Lipinski definition) is 3. The van der Waals surface area contributed by atoms with Gasteiger partial charge in [-0.2, -0.15) is 5.10 Å². The molecule has 0 saturated heterocycles. The number of halogens is 1. The monoisotopic (exact) mass is 292 g/mol. The van der Waals surface area contributed by atoms with Gasteiger partial charge in [0.15, 0.2) is 0 Å². The molecule has 20 heavy (non-hydrogen) atoms. The van der Waals surface area contributed by atoms with Crippen molar-refractivity contribution < 1.29 is 0 Å². The van der Waals surface area contributed by atoms with Gasteiger partial charge in [0.2, 0.25) is 0 Å². The highest BCUT2D eigenvalue weighted by atomic mass is 35.5. The molecule has 2 rings (SSSR count). The Balaban J connectivity index is 2.31. The topological polar surface area (TPSA) is 55.9 Å². The maximum absolute atomic E-state index is 6.36. The molecule has 1 unspecified atom stereocenters. The van der Waals surface area contributed by atoms with Crippen LogP contribution in [0.25, 0.3) is 0 Å². The number of nitrogens with one attached hydrogen (secondary N) is 1. The number of benzene rings is 1.